The minimum Gasteiger partial charge on any atom is -0.475 e. The minimum absolute atomic E-state index is 0.0223. The molecule has 5 nitrogen and oxygen atoms in total. The summed E-state index contributed by atoms with van der Waals surface area (Å²) in [6.07, 6.45) is 3.11. The third-order valence-corrected chi connectivity index (χ3v) is 4.76. The number of rotatable bonds is 5. The van der Waals surface area contributed by atoms with Gasteiger partial charge >= 0.3 is 0 Å². The van der Waals surface area contributed by atoms with Gasteiger partial charge in [0.15, 0.2) is 9.84 Å². The first-order valence-electron chi connectivity index (χ1n) is 7.14. The van der Waals surface area contributed by atoms with Gasteiger partial charge in [-0.1, -0.05) is 17.7 Å². The summed E-state index contributed by atoms with van der Waals surface area (Å²) in [5.74, 6) is 0.550. The molecule has 0 radical (unpaired) electrons. The number of hydrogen-bond donors (Lipinski definition) is 0. The molecule has 0 atom stereocenters. The molecule has 0 saturated heterocycles. The van der Waals surface area contributed by atoms with E-state index in [1.807, 2.05) is 20.8 Å². The van der Waals surface area contributed by atoms with Crippen molar-refractivity contribution < 1.29 is 13.2 Å². The molecule has 2 aromatic rings. The largest absolute Gasteiger partial charge is 0.475 e. The molecule has 1 aromatic heterocycles. The molecular weight excluding hydrogens is 336 g/mol. The van der Waals surface area contributed by atoms with Crippen LogP contribution in [0.2, 0.25) is 5.02 Å². The molecule has 0 fully saturated rings. The van der Waals surface area contributed by atoms with Gasteiger partial charge in [-0.25, -0.2) is 18.4 Å². The van der Waals surface area contributed by atoms with Crippen LogP contribution in [0.15, 0.2) is 29.4 Å². The van der Waals surface area contributed by atoms with Crippen molar-refractivity contribution in [3.8, 4) is 5.88 Å². The molecule has 0 aliphatic carbocycles. The van der Waals surface area contributed by atoms with Gasteiger partial charge in [-0.05, 0) is 38.5 Å². The lowest BCUT2D eigenvalue weighted by Crippen LogP contribution is -2.10. The molecule has 0 saturated carbocycles. The van der Waals surface area contributed by atoms with Crippen molar-refractivity contribution in [1.82, 2.24) is 9.97 Å². The summed E-state index contributed by atoms with van der Waals surface area (Å²) in [6, 6.07) is 4.73. The molecule has 0 aliphatic rings. The van der Waals surface area contributed by atoms with E-state index in [0.29, 0.717) is 17.3 Å². The maximum absolute atomic E-state index is 11.6. The van der Waals surface area contributed by atoms with Crippen LogP contribution in [0.3, 0.4) is 0 Å². The normalized spacial score (nSPS) is 11.7. The van der Waals surface area contributed by atoms with Crippen molar-refractivity contribution in [2.24, 2.45) is 0 Å². The second-order valence-electron chi connectivity index (χ2n) is 5.62. The Bertz CT molecular complexity index is 820. The van der Waals surface area contributed by atoms with E-state index in [-0.39, 0.29) is 11.0 Å². The average Bonchev–Trinajstić information content (AvgIpc) is 2.43. The topological polar surface area (TPSA) is 69.2 Å². The van der Waals surface area contributed by atoms with Gasteiger partial charge in [-0.2, -0.15) is 0 Å². The summed E-state index contributed by atoms with van der Waals surface area (Å²) in [5, 5.41) is 0.400. The van der Waals surface area contributed by atoms with E-state index >= 15 is 0 Å². The van der Waals surface area contributed by atoms with Crippen molar-refractivity contribution in [2.45, 2.75) is 38.2 Å². The zero-order chi connectivity index (χ0) is 17.2. The Labute approximate surface area is 141 Å². The van der Waals surface area contributed by atoms with E-state index < -0.39 is 9.84 Å². The molecule has 7 heteroatoms. The summed E-state index contributed by atoms with van der Waals surface area (Å²) in [4.78, 5) is 8.63. The number of sulfone groups is 1. The van der Waals surface area contributed by atoms with E-state index in [9.17, 15) is 8.42 Å². The second kappa shape index (κ2) is 6.84. The van der Waals surface area contributed by atoms with Gasteiger partial charge in [-0.15, -0.1) is 0 Å². The van der Waals surface area contributed by atoms with Crippen molar-refractivity contribution in [3.05, 3.63) is 46.4 Å². The molecule has 124 valence electrons. The molecule has 0 unspecified atom stereocenters. The summed E-state index contributed by atoms with van der Waals surface area (Å²) in [7, 11) is -3.27. The summed E-state index contributed by atoms with van der Waals surface area (Å²) in [6.45, 7) is 5.76. The minimum atomic E-state index is -3.27. The van der Waals surface area contributed by atoms with Crippen LogP contribution < -0.4 is 4.74 Å². The lowest BCUT2D eigenvalue weighted by Gasteiger charge is -2.13. The molecule has 1 heterocycles. The van der Waals surface area contributed by atoms with E-state index in [1.165, 1.54) is 12.4 Å². The van der Waals surface area contributed by atoms with Gasteiger partial charge in [0.05, 0.1) is 16.7 Å². The SMILES string of the molecule is Cc1c(Cc2ccc(S(C)(=O)=O)cc2Cl)ncnc1OC(C)C. The van der Waals surface area contributed by atoms with Gasteiger partial charge in [-0.3, -0.25) is 0 Å². The van der Waals surface area contributed by atoms with Gasteiger partial charge in [0.1, 0.15) is 6.33 Å². The van der Waals surface area contributed by atoms with E-state index in [1.54, 1.807) is 12.1 Å². The highest BCUT2D eigenvalue weighted by atomic mass is 35.5. The Balaban J connectivity index is 2.33. The van der Waals surface area contributed by atoms with Crippen LogP contribution >= 0.6 is 11.6 Å². The standard InChI is InChI=1S/C16H19ClN2O3S/c1-10(2)22-16-11(3)15(18-9-19-16)7-12-5-6-13(8-14(12)17)23(4,20)21/h5-6,8-10H,7H2,1-4H3. The van der Waals surface area contributed by atoms with E-state index in [0.717, 1.165) is 23.1 Å². The Morgan fingerprint density at radius 1 is 1.26 bits per heavy atom. The maximum atomic E-state index is 11.6. The molecule has 2 rings (SSSR count). The van der Waals surface area contributed by atoms with Crippen molar-refractivity contribution >= 4 is 21.4 Å². The first-order valence-corrected chi connectivity index (χ1v) is 9.41. The fourth-order valence-corrected chi connectivity index (χ4v) is 3.03. The van der Waals surface area contributed by atoms with Crippen LogP contribution in [0.25, 0.3) is 0 Å². The monoisotopic (exact) mass is 354 g/mol. The van der Waals surface area contributed by atoms with Crippen LogP contribution in [-0.4, -0.2) is 30.7 Å². The number of nitrogens with zero attached hydrogens (tertiary/aromatic N) is 2. The number of benzene rings is 1. The van der Waals surface area contributed by atoms with E-state index in [4.69, 9.17) is 16.3 Å². The van der Waals surface area contributed by atoms with Gasteiger partial charge in [0.2, 0.25) is 5.88 Å². The first-order chi connectivity index (χ1) is 10.7. The highest BCUT2D eigenvalue weighted by molar-refractivity contribution is 7.90. The maximum Gasteiger partial charge on any atom is 0.219 e. The number of halogens is 1. The van der Waals surface area contributed by atoms with Crippen LogP contribution in [0.5, 0.6) is 5.88 Å². The highest BCUT2D eigenvalue weighted by Crippen LogP contribution is 2.25. The van der Waals surface area contributed by atoms with Crippen molar-refractivity contribution in [3.63, 3.8) is 0 Å². The van der Waals surface area contributed by atoms with Crippen LogP contribution in [-0.2, 0) is 16.3 Å². The summed E-state index contributed by atoms with van der Waals surface area (Å²) < 4.78 is 28.8. The second-order valence-corrected chi connectivity index (χ2v) is 8.04. The lowest BCUT2D eigenvalue weighted by molar-refractivity contribution is 0.230. The Kier molecular flexibility index (Phi) is 5.26. The fourth-order valence-electron chi connectivity index (χ4n) is 2.07. The molecule has 0 bridgehead atoms. The Morgan fingerprint density at radius 3 is 2.52 bits per heavy atom. The molecule has 23 heavy (non-hydrogen) atoms. The quantitative estimate of drug-likeness (QED) is 0.824. The van der Waals surface area contributed by atoms with Gasteiger partial charge in [0, 0.05) is 23.3 Å². The predicted molar refractivity (Wildman–Crippen MR) is 89.9 cm³/mol. The number of aromatic nitrogens is 2. The van der Waals surface area contributed by atoms with Crippen molar-refractivity contribution in [1.29, 1.82) is 0 Å². The molecule has 0 aliphatic heterocycles. The predicted octanol–water partition coefficient (Wildman–Crippen LogP) is 3.22. The van der Waals surface area contributed by atoms with Gasteiger partial charge in [0.25, 0.3) is 0 Å². The third-order valence-electron chi connectivity index (χ3n) is 3.30. The molecular formula is C16H19ClN2O3S. The van der Waals surface area contributed by atoms with Gasteiger partial charge < -0.3 is 4.74 Å². The molecule has 1 aromatic carbocycles. The zero-order valence-corrected chi connectivity index (χ0v) is 15.1. The van der Waals surface area contributed by atoms with Crippen molar-refractivity contribution in [2.75, 3.05) is 6.26 Å². The zero-order valence-electron chi connectivity index (χ0n) is 13.5. The van der Waals surface area contributed by atoms with E-state index in [2.05, 4.69) is 9.97 Å². The highest BCUT2D eigenvalue weighted by Gasteiger charge is 2.14. The first kappa shape index (κ1) is 17.7. The Morgan fingerprint density at radius 2 is 1.96 bits per heavy atom. The Hall–Kier alpha value is -1.66. The fraction of sp³-hybridized carbons (Fsp3) is 0.375. The lowest BCUT2D eigenvalue weighted by atomic mass is 10.1. The summed E-state index contributed by atoms with van der Waals surface area (Å²) >= 11 is 6.22. The number of hydrogen-bond acceptors (Lipinski definition) is 5. The van der Waals surface area contributed by atoms with Crippen LogP contribution in [0, 0.1) is 6.92 Å². The molecule has 0 N–H and O–H groups in total. The average molecular weight is 355 g/mol. The van der Waals surface area contributed by atoms with Crippen LogP contribution in [0.1, 0.15) is 30.7 Å². The molecule has 0 spiro atoms. The smallest absolute Gasteiger partial charge is 0.219 e. The third kappa shape index (κ3) is 4.42. The molecule has 0 amide bonds. The number of ether oxygens (including phenoxy) is 1. The van der Waals surface area contributed by atoms with Crippen LogP contribution in [0.4, 0.5) is 0 Å². The summed E-state index contributed by atoms with van der Waals surface area (Å²) in [5.41, 5.74) is 2.45.